The van der Waals surface area contributed by atoms with Gasteiger partial charge in [-0.25, -0.2) is 0 Å². The van der Waals surface area contributed by atoms with Crippen LogP contribution in [-0.2, 0) is 0 Å². The first-order valence-corrected chi connectivity index (χ1v) is 6.89. The number of benzene rings is 2. The molecule has 0 aliphatic heterocycles. The van der Waals surface area contributed by atoms with Crippen molar-refractivity contribution in [2.24, 2.45) is 0 Å². The van der Waals surface area contributed by atoms with Crippen LogP contribution in [0.3, 0.4) is 0 Å². The van der Waals surface area contributed by atoms with E-state index in [0.717, 1.165) is 16.7 Å². The molecule has 0 radical (unpaired) electrons. The molecule has 21 heavy (non-hydrogen) atoms. The summed E-state index contributed by atoms with van der Waals surface area (Å²) in [5.74, 6) is 0.851. The van der Waals surface area contributed by atoms with Crippen molar-refractivity contribution in [2.45, 2.75) is 6.42 Å². The second-order valence-corrected chi connectivity index (χ2v) is 4.75. The van der Waals surface area contributed by atoms with Gasteiger partial charge < -0.3 is 4.74 Å². The number of hydrogen-bond donors (Lipinski definition) is 0. The smallest absolute Gasteiger partial charge is 0.166 e. The highest BCUT2D eigenvalue weighted by molar-refractivity contribution is 5.99. The van der Waals surface area contributed by atoms with Crippen molar-refractivity contribution in [3.8, 4) is 5.75 Å². The van der Waals surface area contributed by atoms with Gasteiger partial charge in [0.2, 0.25) is 0 Å². The molecule has 0 fully saturated rings. The van der Waals surface area contributed by atoms with Gasteiger partial charge in [-0.05, 0) is 24.3 Å². The standard InChI is InChI=1S/C18H15NO2/c20-18(10-12-21-16-6-2-1-3-7-16)15-9-8-14-5-4-11-19-17(14)13-15/h1-9,11,13H,10,12H2. The number of rotatable bonds is 5. The fourth-order valence-electron chi connectivity index (χ4n) is 2.16. The lowest BCUT2D eigenvalue weighted by Crippen LogP contribution is -2.06. The van der Waals surface area contributed by atoms with Gasteiger partial charge >= 0.3 is 0 Å². The van der Waals surface area contributed by atoms with E-state index in [2.05, 4.69) is 4.98 Å². The number of ketones is 1. The maximum Gasteiger partial charge on any atom is 0.166 e. The topological polar surface area (TPSA) is 39.2 Å². The number of nitrogens with zero attached hydrogens (tertiary/aromatic N) is 1. The quantitative estimate of drug-likeness (QED) is 0.664. The van der Waals surface area contributed by atoms with Gasteiger partial charge in [0.25, 0.3) is 0 Å². The SMILES string of the molecule is O=C(CCOc1ccccc1)c1ccc2cccnc2c1. The third kappa shape index (κ3) is 3.26. The molecule has 0 spiro atoms. The molecule has 3 rings (SSSR count). The molecule has 0 aliphatic rings. The van der Waals surface area contributed by atoms with E-state index in [9.17, 15) is 4.79 Å². The van der Waals surface area contributed by atoms with Crippen molar-refractivity contribution < 1.29 is 9.53 Å². The lowest BCUT2D eigenvalue weighted by atomic mass is 10.1. The first kappa shape index (κ1) is 13.3. The van der Waals surface area contributed by atoms with E-state index < -0.39 is 0 Å². The third-order valence-electron chi connectivity index (χ3n) is 3.27. The second kappa shape index (κ2) is 6.18. The normalized spacial score (nSPS) is 10.5. The summed E-state index contributed by atoms with van der Waals surface area (Å²) in [7, 11) is 0. The van der Waals surface area contributed by atoms with Crippen molar-refractivity contribution in [2.75, 3.05) is 6.61 Å². The van der Waals surface area contributed by atoms with E-state index >= 15 is 0 Å². The fourth-order valence-corrected chi connectivity index (χ4v) is 2.16. The van der Waals surface area contributed by atoms with Gasteiger partial charge in [0.1, 0.15) is 5.75 Å². The molecule has 104 valence electrons. The lowest BCUT2D eigenvalue weighted by Gasteiger charge is -2.06. The zero-order valence-electron chi connectivity index (χ0n) is 11.5. The second-order valence-electron chi connectivity index (χ2n) is 4.75. The van der Waals surface area contributed by atoms with Crippen LogP contribution in [-0.4, -0.2) is 17.4 Å². The van der Waals surface area contributed by atoms with Gasteiger partial charge in [-0.3, -0.25) is 9.78 Å². The predicted molar refractivity (Wildman–Crippen MR) is 82.6 cm³/mol. The molecular weight excluding hydrogens is 262 g/mol. The Bertz CT molecular complexity index is 753. The first-order chi connectivity index (χ1) is 10.3. The highest BCUT2D eigenvalue weighted by atomic mass is 16.5. The summed E-state index contributed by atoms with van der Waals surface area (Å²) < 4.78 is 5.55. The zero-order valence-corrected chi connectivity index (χ0v) is 11.5. The molecule has 3 heteroatoms. The minimum absolute atomic E-state index is 0.0680. The molecule has 1 aromatic heterocycles. The number of ether oxygens (including phenoxy) is 1. The summed E-state index contributed by atoms with van der Waals surface area (Å²) in [6.07, 6.45) is 2.09. The monoisotopic (exact) mass is 277 g/mol. The Hall–Kier alpha value is -2.68. The van der Waals surface area contributed by atoms with E-state index in [4.69, 9.17) is 4.74 Å². The zero-order chi connectivity index (χ0) is 14.5. The average molecular weight is 277 g/mol. The molecule has 0 aliphatic carbocycles. The van der Waals surface area contributed by atoms with Crippen LogP contribution in [0.15, 0.2) is 66.9 Å². The summed E-state index contributed by atoms with van der Waals surface area (Å²) >= 11 is 0. The molecule has 0 unspecified atom stereocenters. The Kier molecular flexibility index (Phi) is 3.92. The molecule has 0 saturated heterocycles. The summed E-state index contributed by atoms with van der Waals surface area (Å²) in [6.45, 7) is 0.378. The van der Waals surface area contributed by atoms with Crippen LogP contribution in [0.4, 0.5) is 0 Å². The maximum atomic E-state index is 12.2. The summed E-state index contributed by atoms with van der Waals surface area (Å²) in [5, 5.41) is 1.04. The van der Waals surface area contributed by atoms with E-state index in [1.165, 1.54) is 0 Å². The van der Waals surface area contributed by atoms with Crippen LogP contribution >= 0.6 is 0 Å². The number of aromatic nitrogens is 1. The largest absolute Gasteiger partial charge is 0.493 e. The van der Waals surface area contributed by atoms with Crippen LogP contribution in [0.5, 0.6) is 5.75 Å². The van der Waals surface area contributed by atoms with E-state index in [1.54, 1.807) is 6.20 Å². The Morgan fingerprint density at radius 3 is 2.71 bits per heavy atom. The minimum Gasteiger partial charge on any atom is -0.493 e. The highest BCUT2D eigenvalue weighted by Gasteiger charge is 2.07. The number of carbonyl (C=O) groups is 1. The molecular formula is C18H15NO2. The van der Waals surface area contributed by atoms with Crippen molar-refractivity contribution >= 4 is 16.7 Å². The number of Topliss-reactive ketones (excluding diaryl/α,β-unsaturated/α-hetero) is 1. The summed E-state index contributed by atoms with van der Waals surface area (Å²) in [5.41, 5.74) is 1.52. The molecule has 0 N–H and O–H groups in total. The number of hydrogen-bond acceptors (Lipinski definition) is 3. The number of fused-ring (bicyclic) bond motifs is 1. The molecule has 0 amide bonds. The first-order valence-electron chi connectivity index (χ1n) is 6.89. The average Bonchev–Trinajstić information content (AvgIpc) is 2.55. The fraction of sp³-hybridized carbons (Fsp3) is 0.111. The van der Waals surface area contributed by atoms with E-state index in [1.807, 2.05) is 60.7 Å². The van der Waals surface area contributed by atoms with E-state index in [-0.39, 0.29) is 5.78 Å². The number of pyridine rings is 1. The third-order valence-corrected chi connectivity index (χ3v) is 3.27. The van der Waals surface area contributed by atoms with Gasteiger partial charge in [-0.1, -0.05) is 36.4 Å². The summed E-state index contributed by atoms with van der Waals surface area (Å²) in [6, 6.07) is 19.0. The van der Waals surface area contributed by atoms with Gasteiger partial charge in [0, 0.05) is 23.6 Å². The Morgan fingerprint density at radius 2 is 1.86 bits per heavy atom. The maximum absolute atomic E-state index is 12.2. The van der Waals surface area contributed by atoms with Gasteiger partial charge in [0.05, 0.1) is 12.1 Å². The Balaban J connectivity index is 1.64. The molecule has 3 aromatic rings. The molecule has 2 aromatic carbocycles. The van der Waals surface area contributed by atoms with Crippen LogP contribution in [0.25, 0.3) is 10.9 Å². The lowest BCUT2D eigenvalue weighted by molar-refractivity contribution is 0.0962. The molecule has 0 bridgehead atoms. The molecule has 3 nitrogen and oxygen atoms in total. The highest BCUT2D eigenvalue weighted by Crippen LogP contribution is 2.15. The number of para-hydroxylation sites is 1. The van der Waals surface area contributed by atoms with Crippen molar-refractivity contribution in [3.05, 3.63) is 72.4 Å². The van der Waals surface area contributed by atoms with Crippen LogP contribution < -0.4 is 4.74 Å². The van der Waals surface area contributed by atoms with Crippen LogP contribution in [0.2, 0.25) is 0 Å². The Labute approximate surface area is 123 Å². The van der Waals surface area contributed by atoms with Crippen molar-refractivity contribution in [1.29, 1.82) is 0 Å². The molecule has 0 saturated carbocycles. The van der Waals surface area contributed by atoms with Crippen LogP contribution in [0.1, 0.15) is 16.8 Å². The molecule has 1 heterocycles. The summed E-state index contributed by atoms with van der Waals surface area (Å²) in [4.78, 5) is 16.4. The predicted octanol–water partition coefficient (Wildman–Crippen LogP) is 3.89. The van der Waals surface area contributed by atoms with Crippen LogP contribution in [0, 0.1) is 0 Å². The van der Waals surface area contributed by atoms with Gasteiger partial charge in [0.15, 0.2) is 5.78 Å². The minimum atomic E-state index is 0.0680. The Morgan fingerprint density at radius 1 is 1.00 bits per heavy atom. The van der Waals surface area contributed by atoms with Gasteiger partial charge in [-0.2, -0.15) is 0 Å². The van der Waals surface area contributed by atoms with E-state index in [0.29, 0.717) is 18.6 Å². The van der Waals surface area contributed by atoms with Crippen molar-refractivity contribution in [3.63, 3.8) is 0 Å². The van der Waals surface area contributed by atoms with Gasteiger partial charge in [-0.15, -0.1) is 0 Å². The van der Waals surface area contributed by atoms with Crippen molar-refractivity contribution in [1.82, 2.24) is 4.98 Å². The number of carbonyl (C=O) groups excluding carboxylic acids is 1. The molecule has 0 atom stereocenters.